The lowest BCUT2D eigenvalue weighted by molar-refractivity contribution is -0.140. The minimum atomic E-state index is -0.918. The van der Waals surface area contributed by atoms with Gasteiger partial charge in [0.05, 0.1) is 20.8 Å². The van der Waals surface area contributed by atoms with Gasteiger partial charge in [0, 0.05) is 32.4 Å². The highest BCUT2D eigenvalue weighted by atomic mass is 35.5. The van der Waals surface area contributed by atoms with Gasteiger partial charge in [-0.2, -0.15) is 0 Å². The van der Waals surface area contributed by atoms with Gasteiger partial charge in [0.15, 0.2) is 11.4 Å². The first-order chi connectivity index (χ1) is 14.1. The van der Waals surface area contributed by atoms with E-state index in [-0.39, 0.29) is 5.78 Å². The molecule has 2 aromatic carbocycles. The molecule has 0 spiro atoms. The van der Waals surface area contributed by atoms with E-state index in [0.29, 0.717) is 43.1 Å². The number of halogens is 1. The van der Waals surface area contributed by atoms with Crippen LogP contribution in [0.25, 0.3) is 20.8 Å². The second-order valence-electron chi connectivity index (χ2n) is 7.12. The highest BCUT2D eigenvalue weighted by Crippen LogP contribution is 2.40. The van der Waals surface area contributed by atoms with Gasteiger partial charge in [-0.1, -0.05) is 36.7 Å². The van der Waals surface area contributed by atoms with Crippen molar-refractivity contribution >= 4 is 45.3 Å². The molecule has 1 aliphatic heterocycles. The molecule has 0 radical (unpaired) electrons. The molecule has 1 fully saturated rings. The average Bonchev–Trinajstić information content (AvgIpc) is 3.19. The molecular formula is C22H21ClN2O3S. The first-order valence-electron chi connectivity index (χ1n) is 9.62. The summed E-state index contributed by atoms with van der Waals surface area (Å²) in [4.78, 5) is 30.4. The molecule has 150 valence electrons. The summed E-state index contributed by atoms with van der Waals surface area (Å²) in [6, 6.07) is 13.3. The molecule has 5 nitrogen and oxygen atoms in total. The highest BCUT2D eigenvalue weighted by molar-refractivity contribution is 7.22. The van der Waals surface area contributed by atoms with E-state index in [1.807, 2.05) is 49.4 Å². The quantitative estimate of drug-likeness (QED) is 0.520. The van der Waals surface area contributed by atoms with Crippen LogP contribution in [-0.2, 0) is 9.59 Å². The molecule has 0 saturated carbocycles. The lowest BCUT2D eigenvalue weighted by Crippen LogP contribution is -2.52. The van der Waals surface area contributed by atoms with Crippen molar-refractivity contribution in [1.29, 1.82) is 0 Å². The lowest BCUT2D eigenvalue weighted by atomic mass is 9.85. The second-order valence-corrected chi connectivity index (χ2v) is 8.52. The van der Waals surface area contributed by atoms with Crippen molar-refractivity contribution in [3.63, 3.8) is 0 Å². The monoisotopic (exact) mass is 428 g/mol. The zero-order chi connectivity index (χ0) is 20.4. The maximum atomic E-state index is 12.9. The molecule has 29 heavy (non-hydrogen) atoms. The average molecular weight is 429 g/mol. The molecule has 0 N–H and O–H groups in total. The third kappa shape index (κ3) is 3.74. The summed E-state index contributed by atoms with van der Waals surface area (Å²) in [5, 5.41) is 1.47. The van der Waals surface area contributed by atoms with Gasteiger partial charge in [0.1, 0.15) is 10.8 Å². The van der Waals surface area contributed by atoms with Crippen LogP contribution in [0.15, 0.2) is 42.5 Å². The van der Waals surface area contributed by atoms with E-state index >= 15 is 0 Å². The smallest absolute Gasteiger partial charge is 0.209 e. The number of carbonyl (C=O) groups is 2. The third-order valence-electron chi connectivity index (χ3n) is 5.37. The number of rotatable bonds is 6. The number of carbonyl (C=O) groups excluding carboxylic acids is 2. The molecule has 4 rings (SSSR count). The molecule has 1 aromatic heterocycles. The van der Waals surface area contributed by atoms with Crippen LogP contribution in [0.2, 0.25) is 5.02 Å². The molecule has 0 aliphatic carbocycles. The van der Waals surface area contributed by atoms with Crippen molar-refractivity contribution in [3.8, 4) is 16.3 Å². The van der Waals surface area contributed by atoms with Crippen LogP contribution in [0, 0.1) is 0 Å². The number of ether oxygens (including phenoxy) is 1. The summed E-state index contributed by atoms with van der Waals surface area (Å²) in [5.74, 6) is 0.689. The van der Waals surface area contributed by atoms with Crippen LogP contribution >= 0.6 is 22.9 Å². The normalized spacial score (nSPS) is 16.0. The minimum Gasteiger partial charge on any atom is -0.479 e. The predicted octanol–water partition coefficient (Wildman–Crippen LogP) is 4.97. The zero-order valence-electron chi connectivity index (χ0n) is 16.1. The summed E-state index contributed by atoms with van der Waals surface area (Å²) in [5.41, 5.74) is 0.760. The molecule has 1 aliphatic rings. The fraction of sp³-hybridized carbons (Fsp3) is 0.318. The molecule has 0 unspecified atom stereocenters. The number of fused-ring (bicyclic) bond motifs is 1. The Hall–Kier alpha value is -2.44. The minimum absolute atomic E-state index is 0.0604. The predicted molar refractivity (Wildman–Crippen MR) is 116 cm³/mol. The van der Waals surface area contributed by atoms with E-state index in [4.69, 9.17) is 21.3 Å². The summed E-state index contributed by atoms with van der Waals surface area (Å²) in [7, 11) is 0. The summed E-state index contributed by atoms with van der Waals surface area (Å²) < 4.78 is 7.37. The second kappa shape index (κ2) is 8.13. The van der Waals surface area contributed by atoms with Crippen molar-refractivity contribution < 1.29 is 14.3 Å². The molecule has 1 amide bonds. The zero-order valence-corrected chi connectivity index (χ0v) is 17.6. The molecule has 2 heterocycles. The Balaban J connectivity index is 1.72. The SMILES string of the molecule is CCC(=O)C1(Oc2ccccc2-c2nc3cccc(Cl)c3s2)CCN(C=O)CC1. The van der Waals surface area contributed by atoms with Gasteiger partial charge in [-0.3, -0.25) is 9.59 Å². The number of hydrogen-bond acceptors (Lipinski definition) is 5. The number of Topliss-reactive ketones (excluding diaryl/α,β-unsaturated/α-hetero) is 1. The molecule has 3 aromatic rings. The number of ketones is 1. The summed E-state index contributed by atoms with van der Waals surface area (Å²) >= 11 is 7.83. The number of para-hydroxylation sites is 1. The van der Waals surface area contributed by atoms with Crippen LogP contribution < -0.4 is 4.74 Å². The van der Waals surface area contributed by atoms with Gasteiger partial charge < -0.3 is 9.64 Å². The number of aromatic nitrogens is 1. The van der Waals surface area contributed by atoms with E-state index in [1.54, 1.807) is 4.90 Å². The fourth-order valence-electron chi connectivity index (χ4n) is 3.72. The maximum absolute atomic E-state index is 12.9. The first kappa shape index (κ1) is 19.9. The Kier molecular flexibility index (Phi) is 5.56. The number of benzene rings is 2. The van der Waals surface area contributed by atoms with E-state index in [0.717, 1.165) is 27.2 Å². The lowest BCUT2D eigenvalue weighted by Gasteiger charge is -2.39. The third-order valence-corrected chi connectivity index (χ3v) is 6.94. The van der Waals surface area contributed by atoms with Gasteiger partial charge in [-0.25, -0.2) is 4.98 Å². The molecule has 0 bridgehead atoms. The van der Waals surface area contributed by atoms with Gasteiger partial charge in [-0.15, -0.1) is 11.3 Å². The number of hydrogen-bond donors (Lipinski definition) is 0. The Morgan fingerprint density at radius 3 is 2.69 bits per heavy atom. The summed E-state index contributed by atoms with van der Waals surface area (Å²) in [6.07, 6.45) is 2.19. The van der Waals surface area contributed by atoms with Crippen LogP contribution in [0.3, 0.4) is 0 Å². The number of thiazole rings is 1. The van der Waals surface area contributed by atoms with Crippen molar-refractivity contribution in [2.75, 3.05) is 13.1 Å². The highest BCUT2D eigenvalue weighted by Gasteiger charge is 2.42. The van der Waals surface area contributed by atoms with E-state index in [1.165, 1.54) is 11.3 Å². The Morgan fingerprint density at radius 1 is 1.24 bits per heavy atom. The Bertz CT molecular complexity index is 1060. The number of amides is 1. The molecular weight excluding hydrogens is 408 g/mol. The first-order valence-corrected chi connectivity index (χ1v) is 10.8. The fourth-order valence-corrected chi connectivity index (χ4v) is 5.01. The van der Waals surface area contributed by atoms with Crippen molar-refractivity contribution in [2.24, 2.45) is 0 Å². The van der Waals surface area contributed by atoms with Gasteiger partial charge in [0.2, 0.25) is 6.41 Å². The van der Waals surface area contributed by atoms with Crippen LogP contribution in [0.1, 0.15) is 26.2 Å². The number of likely N-dealkylation sites (tertiary alicyclic amines) is 1. The van der Waals surface area contributed by atoms with E-state index < -0.39 is 5.60 Å². The Morgan fingerprint density at radius 2 is 2.00 bits per heavy atom. The van der Waals surface area contributed by atoms with Gasteiger partial charge in [-0.05, 0) is 24.3 Å². The molecule has 0 atom stereocenters. The summed E-state index contributed by atoms with van der Waals surface area (Å²) in [6.45, 7) is 2.86. The van der Waals surface area contributed by atoms with Crippen molar-refractivity contribution in [3.05, 3.63) is 47.5 Å². The van der Waals surface area contributed by atoms with Crippen LogP contribution in [0.5, 0.6) is 5.75 Å². The topological polar surface area (TPSA) is 59.5 Å². The largest absolute Gasteiger partial charge is 0.479 e. The maximum Gasteiger partial charge on any atom is 0.209 e. The number of piperidine rings is 1. The van der Waals surface area contributed by atoms with Crippen molar-refractivity contribution in [1.82, 2.24) is 9.88 Å². The van der Waals surface area contributed by atoms with E-state index in [2.05, 4.69) is 0 Å². The number of nitrogens with zero attached hydrogens (tertiary/aromatic N) is 2. The van der Waals surface area contributed by atoms with Gasteiger partial charge >= 0.3 is 0 Å². The van der Waals surface area contributed by atoms with Crippen molar-refractivity contribution in [2.45, 2.75) is 31.8 Å². The van der Waals surface area contributed by atoms with Gasteiger partial charge in [0.25, 0.3) is 0 Å². The Labute approximate surface area is 178 Å². The van der Waals surface area contributed by atoms with E-state index in [9.17, 15) is 9.59 Å². The van der Waals surface area contributed by atoms with Crippen LogP contribution in [-0.4, -0.2) is 40.8 Å². The van der Waals surface area contributed by atoms with Crippen LogP contribution in [0.4, 0.5) is 0 Å². The standard InChI is InChI=1S/C22H21ClN2O3S/c1-2-19(27)22(10-12-25(14-26)13-11-22)28-18-9-4-3-6-15(18)21-24-17-8-5-7-16(23)20(17)29-21/h3-9,14H,2,10-13H2,1H3. The molecule has 7 heteroatoms. The molecule has 1 saturated heterocycles.